The Bertz CT molecular complexity index is 422. The van der Waals surface area contributed by atoms with Crippen LogP contribution >= 0.6 is 0 Å². The van der Waals surface area contributed by atoms with E-state index in [-0.39, 0.29) is 6.03 Å². The average Bonchev–Trinajstić information content (AvgIpc) is 2.44. The number of urea groups is 1. The first-order chi connectivity index (χ1) is 9.67. The van der Waals surface area contributed by atoms with E-state index in [4.69, 9.17) is 9.47 Å². The highest BCUT2D eigenvalue weighted by atomic mass is 16.5. The molecule has 1 aromatic rings. The number of nitrogens with one attached hydrogen (secondary N) is 2. The summed E-state index contributed by atoms with van der Waals surface area (Å²) < 4.78 is 10.2. The van der Waals surface area contributed by atoms with Crippen molar-refractivity contribution in [1.82, 2.24) is 10.6 Å². The molecule has 0 aliphatic rings. The van der Waals surface area contributed by atoms with Crippen LogP contribution in [0.2, 0.25) is 0 Å². The second kappa shape index (κ2) is 9.20. The normalized spacial score (nSPS) is 10.2. The Morgan fingerprint density at radius 1 is 1.20 bits per heavy atom. The van der Waals surface area contributed by atoms with Gasteiger partial charge in [0.15, 0.2) is 0 Å². The van der Waals surface area contributed by atoms with Crippen LogP contribution in [0.25, 0.3) is 0 Å². The molecule has 20 heavy (non-hydrogen) atoms. The van der Waals surface area contributed by atoms with E-state index in [1.165, 1.54) is 5.56 Å². The quantitative estimate of drug-likeness (QED) is 0.715. The lowest BCUT2D eigenvalue weighted by atomic mass is 10.1. The number of aryl methyl sites for hydroxylation is 1. The zero-order valence-electron chi connectivity index (χ0n) is 12.5. The lowest BCUT2D eigenvalue weighted by Crippen LogP contribution is -2.37. The molecule has 0 unspecified atom stereocenters. The molecule has 0 spiro atoms. The van der Waals surface area contributed by atoms with Crippen molar-refractivity contribution in [2.45, 2.75) is 19.8 Å². The van der Waals surface area contributed by atoms with Crippen molar-refractivity contribution in [2.24, 2.45) is 0 Å². The maximum Gasteiger partial charge on any atom is 0.314 e. The summed E-state index contributed by atoms with van der Waals surface area (Å²) in [6, 6.07) is 5.90. The molecule has 0 saturated heterocycles. The molecule has 2 N–H and O–H groups in total. The van der Waals surface area contributed by atoms with Crippen LogP contribution in [0, 0.1) is 6.92 Å². The van der Waals surface area contributed by atoms with E-state index in [2.05, 4.69) is 16.7 Å². The van der Waals surface area contributed by atoms with Crippen LogP contribution in [-0.2, 0) is 11.2 Å². The van der Waals surface area contributed by atoms with E-state index >= 15 is 0 Å². The molecule has 2 amide bonds. The summed E-state index contributed by atoms with van der Waals surface area (Å²) in [6.45, 7) is 3.89. The predicted octanol–water partition coefficient (Wildman–Crippen LogP) is 1.88. The molecule has 0 aromatic heterocycles. The second-order valence-corrected chi connectivity index (χ2v) is 4.59. The number of rotatable bonds is 8. The van der Waals surface area contributed by atoms with Gasteiger partial charge in [-0.3, -0.25) is 0 Å². The minimum atomic E-state index is -0.146. The highest BCUT2D eigenvalue weighted by Crippen LogP contribution is 2.19. The third-order valence-electron chi connectivity index (χ3n) is 2.93. The molecule has 0 radical (unpaired) electrons. The van der Waals surface area contributed by atoms with Crippen molar-refractivity contribution in [3.8, 4) is 5.75 Å². The Morgan fingerprint density at radius 2 is 1.95 bits per heavy atom. The SMILES string of the molecule is COCCCNC(=O)NCCc1cc(C)ccc1OC. The topological polar surface area (TPSA) is 59.6 Å². The van der Waals surface area contributed by atoms with E-state index in [1.54, 1.807) is 14.2 Å². The van der Waals surface area contributed by atoms with Gasteiger partial charge in [0, 0.05) is 26.8 Å². The predicted molar refractivity (Wildman–Crippen MR) is 79.3 cm³/mol. The van der Waals surface area contributed by atoms with Crippen LogP contribution in [0.5, 0.6) is 5.75 Å². The highest BCUT2D eigenvalue weighted by molar-refractivity contribution is 5.73. The monoisotopic (exact) mass is 280 g/mol. The van der Waals surface area contributed by atoms with Crippen LogP contribution < -0.4 is 15.4 Å². The van der Waals surface area contributed by atoms with Crippen molar-refractivity contribution >= 4 is 6.03 Å². The van der Waals surface area contributed by atoms with Crippen LogP contribution in [0.3, 0.4) is 0 Å². The summed E-state index contributed by atoms with van der Waals surface area (Å²) in [4.78, 5) is 11.5. The van der Waals surface area contributed by atoms with Gasteiger partial charge in [0.05, 0.1) is 7.11 Å². The molecule has 0 heterocycles. The van der Waals surface area contributed by atoms with Gasteiger partial charge in [-0.15, -0.1) is 0 Å². The minimum Gasteiger partial charge on any atom is -0.496 e. The molecular formula is C15H24N2O3. The van der Waals surface area contributed by atoms with Crippen molar-refractivity contribution < 1.29 is 14.3 Å². The minimum absolute atomic E-state index is 0.146. The maximum absolute atomic E-state index is 11.5. The van der Waals surface area contributed by atoms with Crippen molar-refractivity contribution in [2.75, 3.05) is 33.9 Å². The summed E-state index contributed by atoms with van der Waals surface area (Å²) in [5.74, 6) is 0.859. The third-order valence-corrected chi connectivity index (χ3v) is 2.93. The average molecular weight is 280 g/mol. The molecule has 0 bridgehead atoms. The molecule has 1 rings (SSSR count). The number of ether oxygens (including phenoxy) is 2. The number of carbonyl (C=O) groups excluding carboxylic acids is 1. The standard InChI is InChI=1S/C15H24N2O3/c1-12-5-6-14(20-3)13(11-12)7-9-17-15(18)16-8-4-10-19-2/h5-6,11H,4,7-10H2,1-3H3,(H2,16,17,18). The van der Waals surface area contributed by atoms with E-state index in [0.29, 0.717) is 19.7 Å². The maximum atomic E-state index is 11.5. The number of amides is 2. The Morgan fingerprint density at radius 3 is 2.65 bits per heavy atom. The summed E-state index contributed by atoms with van der Waals surface area (Å²) in [6.07, 6.45) is 1.56. The van der Waals surface area contributed by atoms with Gasteiger partial charge in [0.25, 0.3) is 0 Å². The smallest absolute Gasteiger partial charge is 0.314 e. The number of carbonyl (C=O) groups is 1. The lowest BCUT2D eigenvalue weighted by molar-refractivity contribution is 0.193. The van der Waals surface area contributed by atoms with E-state index in [0.717, 1.165) is 24.2 Å². The van der Waals surface area contributed by atoms with Crippen LogP contribution in [0.1, 0.15) is 17.5 Å². The van der Waals surface area contributed by atoms with Gasteiger partial charge >= 0.3 is 6.03 Å². The Kier molecular flexibility index (Phi) is 7.50. The first-order valence-corrected chi connectivity index (χ1v) is 6.81. The van der Waals surface area contributed by atoms with Crippen molar-refractivity contribution in [3.63, 3.8) is 0 Å². The second-order valence-electron chi connectivity index (χ2n) is 4.59. The van der Waals surface area contributed by atoms with E-state index in [9.17, 15) is 4.79 Å². The van der Waals surface area contributed by atoms with Gasteiger partial charge in [-0.05, 0) is 31.4 Å². The van der Waals surface area contributed by atoms with Gasteiger partial charge in [0.1, 0.15) is 5.75 Å². The summed E-state index contributed by atoms with van der Waals surface area (Å²) >= 11 is 0. The molecule has 5 heteroatoms. The number of hydrogen-bond donors (Lipinski definition) is 2. The van der Waals surface area contributed by atoms with Gasteiger partial charge in [-0.2, -0.15) is 0 Å². The molecule has 0 fully saturated rings. The van der Waals surface area contributed by atoms with Crippen LogP contribution in [0.4, 0.5) is 4.79 Å². The zero-order chi connectivity index (χ0) is 14.8. The molecule has 5 nitrogen and oxygen atoms in total. The van der Waals surface area contributed by atoms with Gasteiger partial charge < -0.3 is 20.1 Å². The fraction of sp³-hybridized carbons (Fsp3) is 0.533. The number of methoxy groups -OCH3 is 2. The van der Waals surface area contributed by atoms with Crippen LogP contribution in [-0.4, -0.2) is 39.9 Å². The number of benzene rings is 1. The molecule has 0 saturated carbocycles. The van der Waals surface area contributed by atoms with Gasteiger partial charge in [0.2, 0.25) is 0 Å². The lowest BCUT2D eigenvalue weighted by Gasteiger charge is -2.11. The Balaban J connectivity index is 2.29. The first-order valence-electron chi connectivity index (χ1n) is 6.81. The molecule has 0 atom stereocenters. The van der Waals surface area contributed by atoms with E-state index < -0.39 is 0 Å². The fourth-order valence-corrected chi connectivity index (χ4v) is 1.89. The summed E-state index contributed by atoms with van der Waals surface area (Å²) in [7, 11) is 3.30. The molecular weight excluding hydrogens is 256 g/mol. The summed E-state index contributed by atoms with van der Waals surface area (Å²) in [5, 5.41) is 5.61. The van der Waals surface area contributed by atoms with Gasteiger partial charge in [-0.1, -0.05) is 17.7 Å². The Labute approximate surface area is 120 Å². The van der Waals surface area contributed by atoms with Crippen molar-refractivity contribution in [1.29, 1.82) is 0 Å². The highest BCUT2D eigenvalue weighted by Gasteiger charge is 2.04. The molecule has 1 aromatic carbocycles. The largest absolute Gasteiger partial charge is 0.496 e. The van der Waals surface area contributed by atoms with E-state index in [1.807, 2.05) is 19.1 Å². The Hall–Kier alpha value is -1.75. The fourth-order valence-electron chi connectivity index (χ4n) is 1.89. The van der Waals surface area contributed by atoms with Gasteiger partial charge in [-0.25, -0.2) is 4.79 Å². The molecule has 112 valence electrons. The third kappa shape index (κ3) is 5.93. The zero-order valence-corrected chi connectivity index (χ0v) is 12.5. The first kappa shape index (κ1) is 16.3. The number of hydrogen-bond acceptors (Lipinski definition) is 3. The molecule has 0 aliphatic heterocycles. The summed E-state index contributed by atoms with van der Waals surface area (Å²) in [5.41, 5.74) is 2.29. The van der Waals surface area contributed by atoms with Crippen molar-refractivity contribution in [3.05, 3.63) is 29.3 Å². The van der Waals surface area contributed by atoms with Crippen LogP contribution in [0.15, 0.2) is 18.2 Å². The molecule has 0 aliphatic carbocycles.